The maximum absolute atomic E-state index is 12.2. The van der Waals surface area contributed by atoms with Crippen molar-refractivity contribution in [2.45, 2.75) is 6.42 Å². The van der Waals surface area contributed by atoms with Crippen LogP contribution in [-0.2, 0) is 23.9 Å². The second-order valence-corrected chi connectivity index (χ2v) is 5.77. The summed E-state index contributed by atoms with van der Waals surface area (Å²) in [6.45, 7) is -0.814. The molecule has 1 heterocycles. The third kappa shape index (κ3) is 5.20. The number of nitrogens with one attached hydrogen (secondary N) is 1. The van der Waals surface area contributed by atoms with Crippen molar-refractivity contribution in [3.8, 4) is 5.75 Å². The van der Waals surface area contributed by atoms with E-state index >= 15 is 0 Å². The second-order valence-electron chi connectivity index (χ2n) is 5.77. The number of likely N-dealkylation sites (N-methyl/N-ethyl adjacent to an activating group) is 1. The van der Waals surface area contributed by atoms with E-state index < -0.39 is 18.5 Å². The zero-order chi connectivity index (χ0) is 19.1. The van der Waals surface area contributed by atoms with Gasteiger partial charge in [0.15, 0.2) is 6.61 Å². The SMILES string of the molecule is CN(C)C(=O)CNC(=O)COC(=O)CN1C(=O)CCOc2ccccc21. The van der Waals surface area contributed by atoms with Crippen molar-refractivity contribution in [1.29, 1.82) is 0 Å². The monoisotopic (exact) mass is 363 g/mol. The van der Waals surface area contributed by atoms with E-state index in [1.165, 1.54) is 9.80 Å². The van der Waals surface area contributed by atoms with Gasteiger partial charge in [-0.2, -0.15) is 0 Å². The summed E-state index contributed by atoms with van der Waals surface area (Å²) in [5.74, 6) is -1.38. The molecule has 1 aliphatic rings. The predicted octanol–water partition coefficient (Wildman–Crippen LogP) is -0.450. The number of esters is 1. The van der Waals surface area contributed by atoms with Crippen molar-refractivity contribution in [3.63, 3.8) is 0 Å². The Morgan fingerprint density at radius 2 is 2.00 bits per heavy atom. The Kier molecular flexibility index (Phi) is 6.54. The molecule has 0 aliphatic carbocycles. The number of amides is 3. The highest BCUT2D eigenvalue weighted by molar-refractivity contribution is 5.99. The standard InChI is InChI=1S/C17H21N3O6/c1-19(2)16(23)9-18-14(21)11-26-17(24)10-20-12-5-3-4-6-13(12)25-8-7-15(20)22/h3-6H,7-11H2,1-2H3,(H,18,21). The van der Waals surface area contributed by atoms with Crippen molar-refractivity contribution < 1.29 is 28.7 Å². The third-order valence-electron chi connectivity index (χ3n) is 3.62. The minimum atomic E-state index is -0.732. The molecule has 1 N–H and O–H groups in total. The van der Waals surface area contributed by atoms with E-state index in [1.54, 1.807) is 38.4 Å². The topological polar surface area (TPSA) is 105 Å². The number of ether oxygens (including phenoxy) is 2. The zero-order valence-corrected chi connectivity index (χ0v) is 14.7. The molecule has 1 aliphatic heterocycles. The first-order chi connectivity index (χ1) is 12.4. The lowest BCUT2D eigenvalue weighted by molar-refractivity contribution is -0.147. The van der Waals surface area contributed by atoms with Crippen LogP contribution in [0.15, 0.2) is 24.3 Å². The number of fused-ring (bicyclic) bond motifs is 1. The molecule has 0 bridgehead atoms. The van der Waals surface area contributed by atoms with Crippen LogP contribution < -0.4 is 15.0 Å². The molecule has 0 atom stereocenters. The minimum absolute atomic E-state index is 0.134. The Labute approximate surface area is 150 Å². The van der Waals surface area contributed by atoms with E-state index in [0.29, 0.717) is 11.4 Å². The number of carbonyl (C=O) groups is 4. The first-order valence-corrected chi connectivity index (χ1v) is 8.03. The molecule has 0 fully saturated rings. The Bertz CT molecular complexity index is 703. The first kappa shape index (κ1) is 19.2. The van der Waals surface area contributed by atoms with Crippen LogP contribution in [0, 0.1) is 0 Å². The van der Waals surface area contributed by atoms with Gasteiger partial charge in [0.25, 0.3) is 5.91 Å². The molecule has 9 nitrogen and oxygen atoms in total. The van der Waals surface area contributed by atoms with Gasteiger partial charge in [-0.1, -0.05) is 12.1 Å². The van der Waals surface area contributed by atoms with Crippen LogP contribution in [0.1, 0.15) is 6.42 Å². The van der Waals surface area contributed by atoms with Crippen LogP contribution in [0.2, 0.25) is 0 Å². The summed E-state index contributed by atoms with van der Waals surface area (Å²) in [6, 6.07) is 6.88. The van der Waals surface area contributed by atoms with E-state index in [4.69, 9.17) is 9.47 Å². The maximum Gasteiger partial charge on any atom is 0.326 e. The fraction of sp³-hybridized carbons (Fsp3) is 0.412. The summed E-state index contributed by atoms with van der Waals surface area (Å²) >= 11 is 0. The summed E-state index contributed by atoms with van der Waals surface area (Å²) in [5.41, 5.74) is 0.480. The lowest BCUT2D eigenvalue weighted by Crippen LogP contribution is -2.40. The Morgan fingerprint density at radius 1 is 1.27 bits per heavy atom. The molecule has 0 unspecified atom stereocenters. The van der Waals surface area contributed by atoms with Gasteiger partial charge in [0.05, 0.1) is 25.3 Å². The molecule has 2 rings (SSSR count). The fourth-order valence-corrected chi connectivity index (χ4v) is 2.20. The van der Waals surface area contributed by atoms with Gasteiger partial charge in [-0.05, 0) is 12.1 Å². The summed E-state index contributed by atoms with van der Waals surface area (Å²) in [4.78, 5) is 49.8. The van der Waals surface area contributed by atoms with Gasteiger partial charge in [-0.3, -0.25) is 24.1 Å². The Hall–Kier alpha value is -3.10. The molecular weight excluding hydrogens is 342 g/mol. The van der Waals surface area contributed by atoms with Gasteiger partial charge in [-0.25, -0.2) is 0 Å². The number of rotatable bonds is 6. The summed E-state index contributed by atoms with van der Waals surface area (Å²) in [6.07, 6.45) is 0.134. The maximum atomic E-state index is 12.2. The molecule has 26 heavy (non-hydrogen) atoms. The number of benzene rings is 1. The highest BCUT2D eigenvalue weighted by Crippen LogP contribution is 2.30. The number of carbonyl (C=O) groups excluding carboxylic acids is 4. The lowest BCUT2D eigenvalue weighted by Gasteiger charge is -2.20. The van der Waals surface area contributed by atoms with Gasteiger partial charge < -0.3 is 19.7 Å². The number of nitrogens with zero attached hydrogens (tertiary/aromatic N) is 2. The molecule has 0 saturated heterocycles. The highest BCUT2D eigenvalue weighted by atomic mass is 16.5. The molecule has 1 aromatic carbocycles. The van der Waals surface area contributed by atoms with Crippen LogP contribution in [0.5, 0.6) is 5.75 Å². The highest BCUT2D eigenvalue weighted by Gasteiger charge is 2.25. The normalized spacial score (nSPS) is 13.2. The molecule has 140 valence electrons. The number of hydrogen-bond acceptors (Lipinski definition) is 6. The van der Waals surface area contributed by atoms with E-state index in [9.17, 15) is 19.2 Å². The van der Waals surface area contributed by atoms with Crippen molar-refractivity contribution >= 4 is 29.4 Å². The van der Waals surface area contributed by atoms with Gasteiger partial charge in [0.2, 0.25) is 11.8 Å². The quantitative estimate of drug-likeness (QED) is 0.687. The molecule has 1 aromatic rings. The average Bonchev–Trinajstić information content (AvgIpc) is 2.77. The van der Waals surface area contributed by atoms with Crippen molar-refractivity contribution in [2.24, 2.45) is 0 Å². The van der Waals surface area contributed by atoms with Crippen molar-refractivity contribution in [3.05, 3.63) is 24.3 Å². The van der Waals surface area contributed by atoms with Crippen molar-refractivity contribution in [2.75, 3.05) is 45.3 Å². The van der Waals surface area contributed by atoms with E-state index in [1.807, 2.05) is 0 Å². The van der Waals surface area contributed by atoms with Crippen LogP contribution in [0.3, 0.4) is 0 Å². The van der Waals surface area contributed by atoms with Crippen LogP contribution in [-0.4, -0.2) is 69.0 Å². The molecule has 3 amide bonds. The lowest BCUT2D eigenvalue weighted by atomic mass is 10.2. The molecule has 0 aromatic heterocycles. The predicted molar refractivity (Wildman–Crippen MR) is 91.6 cm³/mol. The molecular formula is C17H21N3O6. The van der Waals surface area contributed by atoms with E-state index in [-0.39, 0.29) is 37.9 Å². The van der Waals surface area contributed by atoms with Gasteiger partial charge >= 0.3 is 5.97 Å². The van der Waals surface area contributed by atoms with Crippen LogP contribution in [0.4, 0.5) is 5.69 Å². The Morgan fingerprint density at radius 3 is 2.73 bits per heavy atom. The smallest absolute Gasteiger partial charge is 0.326 e. The second kappa shape index (κ2) is 8.84. The van der Waals surface area contributed by atoms with E-state index in [2.05, 4.69) is 5.32 Å². The van der Waals surface area contributed by atoms with Crippen molar-refractivity contribution in [1.82, 2.24) is 10.2 Å². The number of hydrogen-bond donors (Lipinski definition) is 1. The average molecular weight is 363 g/mol. The Balaban J connectivity index is 1.88. The van der Waals surface area contributed by atoms with Gasteiger partial charge in [0.1, 0.15) is 12.3 Å². The molecule has 0 saturated carbocycles. The number of para-hydroxylation sites is 2. The fourth-order valence-electron chi connectivity index (χ4n) is 2.20. The van der Waals surface area contributed by atoms with E-state index in [0.717, 1.165) is 0 Å². The van der Waals surface area contributed by atoms with Crippen LogP contribution in [0.25, 0.3) is 0 Å². The number of anilines is 1. The largest absolute Gasteiger partial charge is 0.491 e. The minimum Gasteiger partial charge on any atom is -0.491 e. The zero-order valence-electron chi connectivity index (χ0n) is 14.7. The summed E-state index contributed by atoms with van der Waals surface area (Å²) < 4.78 is 10.4. The molecule has 9 heteroatoms. The molecule has 0 spiro atoms. The first-order valence-electron chi connectivity index (χ1n) is 8.03. The third-order valence-corrected chi connectivity index (χ3v) is 3.62. The molecule has 0 radical (unpaired) electrons. The van der Waals surface area contributed by atoms with Gasteiger partial charge in [-0.15, -0.1) is 0 Å². The summed E-state index contributed by atoms with van der Waals surface area (Å²) in [7, 11) is 3.13. The van der Waals surface area contributed by atoms with Gasteiger partial charge in [0, 0.05) is 14.1 Å². The van der Waals surface area contributed by atoms with Crippen LogP contribution >= 0.6 is 0 Å². The summed E-state index contributed by atoms with van der Waals surface area (Å²) in [5, 5.41) is 2.35.